The third-order valence-electron chi connectivity index (χ3n) is 2.19. The van der Waals surface area contributed by atoms with Crippen molar-refractivity contribution >= 4 is 40.3 Å². The van der Waals surface area contributed by atoms with Crippen molar-refractivity contribution in [3.05, 3.63) is 46.9 Å². The molecule has 18 heavy (non-hydrogen) atoms. The Balaban J connectivity index is 2.43. The van der Waals surface area contributed by atoms with Gasteiger partial charge < -0.3 is 11.1 Å². The van der Waals surface area contributed by atoms with Crippen LogP contribution in [0.3, 0.4) is 0 Å². The van der Waals surface area contributed by atoms with Crippen molar-refractivity contribution < 1.29 is 4.39 Å². The summed E-state index contributed by atoms with van der Waals surface area (Å²) < 4.78 is 13.6. The average molecular weight is 283 g/mol. The minimum Gasteiger partial charge on any atom is -0.389 e. The Hall–Kier alpha value is -1.79. The molecule has 0 saturated carbocycles. The Kier molecular flexibility index (Phi) is 3.69. The number of para-hydroxylation sites is 1. The second-order valence-electron chi connectivity index (χ2n) is 3.38. The SMILES string of the molecule is NC(=S)c1ccnnc1Nc1c(F)cccc1Cl. The van der Waals surface area contributed by atoms with Crippen LogP contribution in [0.5, 0.6) is 0 Å². The summed E-state index contributed by atoms with van der Waals surface area (Å²) in [5.74, 6) is -0.237. The summed E-state index contributed by atoms with van der Waals surface area (Å²) >= 11 is 10.8. The number of thiocarbonyl (C=S) groups is 1. The Bertz CT molecular complexity index is 585. The van der Waals surface area contributed by atoms with E-state index < -0.39 is 5.82 Å². The fourth-order valence-electron chi connectivity index (χ4n) is 1.36. The topological polar surface area (TPSA) is 63.8 Å². The van der Waals surface area contributed by atoms with Crippen molar-refractivity contribution in [2.75, 3.05) is 5.32 Å². The highest BCUT2D eigenvalue weighted by molar-refractivity contribution is 7.80. The van der Waals surface area contributed by atoms with E-state index in [4.69, 9.17) is 29.6 Å². The summed E-state index contributed by atoms with van der Waals surface area (Å²) in [5.41, 5.74) is 6.12. The van der Waals surface area contributed by atoms with Crippen LogP contribution in [0.4, 0.5) is 15.9 Å². The normalized spacial score (nSPS) is 10.1. The molecule has 0 aliphatic rings. The molecule has 1 heterocycles. The van der Waals surface area contributed by atoms with E-state index in [2.05, 4.69) is 15.5 Å². The molecule has 0 fully saturated rings. The molecule has 0 bridgehead atoms. The summed E-state index contributed by atoms with van der Waals surface area (Å²) in [4.78, 5) is 0.139. The highest BCUT2D eigenvalue weighted by Crippen LogP contribution is 2.28. The van der Waals surface area contributed by atoms with Crippen molar-refractivity contribution in [2.24, 2.45) is 5.73 Å². The van der Waals surface area contributed by atoms with E-state index in [9.17, 15) is 4.39 Å². The molecule has 0 radical (unpaired) electrons. The lowest BCUT2D eigenvalue weighted by Gasteiger charge is -2.10. The van der Waals surface area contributed by atoms with Gasteiger partial charge in [0.1, 0.15) is 10.8 Å². The van der Waals surface area contributed by atoms with Crippen LogP contribution in [0, 0.1) is 5.82 Å². The third-order valence-corrected chi connectivity index (χ3v) is 2.73. The number of hydrogen-bond acceptors (Lipinski definition) is 4. The van der Waals surface area contributed by atoms with Crippen LogP contribution >= 0.6 is 23.8 Å². The van der Waals surface area contributed by atoms with Crippen molar-refractivity contribution in [2.45, 2.75) is 0 Å². The van der Waals surface area contributed by atoms with Gasteiger partial charge in [0.2, 0.25) is 0 Å². The molecule has 1 aromatic heterocycles. The lowest BCUT2D eigenvalue weighted by molar-refractivity contribution is 0.632. The first kappa shape index (κ1) is 12.7. The van der Waals surface area contributed by atoms with Gasteiger partial charge in [-0.15, -0.1) is 5.10 Å². The van der Waals surface area contributed by atoms with Crippen LogP contribution in [0.2, 0.25) is 5.02 Å². The first-order valence-electron chi connectivity index (χ1n) is 4.92. The maximum atomic E-state index is 13.6. The zero-order chi connectivity index (χ0) is 13.1. The third kappa shape index (κ3) is 2.55. The van der Waals surface area contributed by atoms with E-state index in [-0.39, 0.29) is 21.5 Å². The number of nitrogens with two attached hydrogens (primary N) is 1. The Labute approximate surface area is 113 Å². The van der Waals surface area contributed by atoms with E-state index >= 15 is 0 Å². The maximum Gasteiger partial charge on any atom is 0.163 e. The van der Waals surface area contributed by atoms with Gasteiger partial charge in [-0.2, -0.15) is 5.10 Å². The number of benzene rings is 1. The molecular weight excluding hydrogens is 275 g/mol. The lowest BCUT2D eigenvalue weighted by Crippen LogP contribution is -2.13. The molecule has 0 saturated heterocycles. The summed E-state index contributed by atoms with van der Waals surface area (Å²) in [6, 6.07) is 5.94. The van der Waals surface area contributed by atoms with E-state index in [0.29, 0.717) is 5.56 Å². The number of nitrogens with zero attached hydrogens (tertiary/aromatic N) is 2. The first-order chi connectivity index (χ1) is 8.59. The van der Waals surface area contributed by atoms with Crippen LogP contribution in [-0.2, 0) is 0 Å². The average Bonchev–Trinajstić information content (AvgIpc) is 2.34. The van der Waals surface area contributed by atoms with Gasteiger partial charge in [0, 0.05) is 0 Å². The van der Waals surface area contributed by atoms with E-state index in [0.717, 1.165) is 0 Å². The number of nitrogens with one attached hydrogen (secondary N) is 1. The Morgan fingerprint density at radius 1 is 1.39 bits per heavy atom. The van der Waals surface area contributed by atoms with E-state index in [1.54, 1.807) is 12.1 Å². The van der Waals surface area contributed by atoms with Gasteiger partial charge in [0.25, 0.3) is 0 Å². The smallest absolute Gasteiger partial charge is 0.163 e. The van der Waals surface area contributed by atoms with Gasteiger partial charge >= 0.3 is 0 Å². The van der Waals surface area contributed by atoms with Gasteiger partial charge in [-0.05, 0) is 18.2 Å². The predicted octanol–water partition coefficient (Wildman–Crippen LogP) is 2.65. The largest absolute Gasteiger partial charge is 0.389 e. The van der Waals surface area contributed by atoms with Gasteiger partial charge in [-0.25, -0.2) is 4.39 Å². The monoisotopic (exact) mass is 282 g/mol. The van der Waals surface area contributed by atoms with Crippen LogP contribution < -0.4 is 11.1 Å². The fraction of sp³-hybridized carbons (Fsp3) is 0. The van der Waals surface area contributed by atoms with Gasteiger partial charge in [-0.3, -0.25) is 0 Å². The minimum atomic E-state index is -0.498. The predicted molar refractivity (Wildman–Crippen MR) is 72.6 cm³/mol. The first-order valence-corrected chi connectivity index (χ1v) is 5.70. The molecule has 92 valence electrons. The molecule has 1 aromatic carbocycles. The Morgan fingerprint density at radius 2 is 2.17 bits per heavy atom. The molecule has 7 heteroatoms. The van der Waals surface area contributed by atoms with Crippen molar-refractivity contribution in [1.82, 2.24) is 10.2 Å². The van der Waals surface area contributed by atoms with E-state index in [1.165, 1.54) is 18.3 Å². The summed E-state index contributed by atoms with van der Waals surface area (Å²) in [6.45, 7) is 0. The standard InChI is InChI=1S/C11H8ClFN4S/c12-7-2-1-3-8(13)9(7)16-11-6(10(14)18)4-5-15-17-11/h1-5H,(H2,14,18)(H,16,17). The van der Waals surface area contributed by atoms with Gasteiger partial charge in [0.05, 0.1) is 22.5 Å². The second-order valence-corrected chi connectivity index (χ2v) is 4.23. The number of rotatable bonds is 3. The molecule has 2 aromatic rings. The summed E-state index contributed by atoms with van der Waals surface area (Å²) in [6.07, 6.45) is 1.45. The molecule has 0 amide bonds. The summed E-state index contributed by atoms with van der Waals surface area (Å²) in [7, 11) is 0. The van der Waals surface area contributed by atoms with Crippen LogP contribution in [0.25, 0.3) is 0 Å². The van der Waals surface area contributed by atoms with Crippen molar-refractivity contribution in [1.29, 1.82) is 0 Å². The van der Waals surface area contributed by atoms with Crippen LogP contribution in [0.1, 0.15) is 5.56 Å². The summed E-state index contributed by atoms with van der Waals surface area (Å²) in [5, 5.41) is 10.5. The highest BCUT2D eigenvalue weighted by atomic mass is 35.5. The lowest BCUT2D eigenvalue weighted by atomic mass is 10.2. The van der Waals surface area contributed by atoms with Crippen molar-refractivity contribution in [3.8, 4) is 0 Å². The molecule has 4 nitrogen and oxygen atoms in total. The molecular formula is C11H8ClFN4S. The number of anilines is 2. The zero-order valence-electron chi connectivity index (χ0n) is 9.02. The number of halogens is 2. The molecule has 0 aliphatic carbocycles. The Morgan fingerprint density at radius 3 is 2.83 bits per heavy atom. The van der Waals surface area contributed by atoms with Crippen LogP contribution in [-0.4, -0.2) is 15.2 Å². The molecule has 0 spiro atoms. The van der Waals surface area contributed by atoms with Crippen molar-refractivity contribution in [3.63, 3.8) is 0 Å². The van der Waals surface area contributed by atoms with Gasteiger partial charge in [-0.1, -0.05) is 29.9 Å². The fourth-order valence-corrected chi connectivity index (χ4v) is 1.73. The zero-order valence-corrected chi connectivity index (χ0v) is 10.6. The van der Waals surface area contributed by atoms with E-state index in [1.807, 2.05) is 0 Å². The molecule has 0 aliphatic heterocycles. The molecule has 3 N–H and O–H groups in total. The second kappa shape index (κ2) is 5.24. The molecule has 0 unspecified atom stereocenters. The van der Waals surface area contributed by atoms with Gasteiger partial charge in [0.15, 0.2) is 5.82 Å². The van der Waals surface area contributed by atoms with Crippen LogP contribution in [0.15, 0.2) is 30.5 Å². The highest BCUT2D eigenvalue weighted by Gasteiger charge is 2.12. The number of aromatic nitrogens is 2. The quantitative estimate of drug-likeness (QED) is 0.848. The molecule has 0 atom stereocenters. The molecule has 2 rings (SSSR count). The maximum absolute atomic E-state index is 13.6. The minimum absolute atomic E-state index is 0.108. The number of hydrogen-bond donors (Lipinski definition) is 2.